The van der Waals surface area contributed by atoms with Crippen LogP contribution in [-0.2, 0) is 4.79 Å². The number of hydrogen-bond donors (Lipinski definition) is 0. The molecule has 0 aliphatic carbocycles. The van der Waals surface area contributed by atoms with Gasteiger partial charge in [0, 0.05) is 24.2 Å². The van der Waals surface area contributed by atoms with Gasteiger partial charge in [0.15, 0.2) is 0 Å². The van der Waals surface area contributed by atoms with Crippen LogP contribution in [0, 0.1) is 20.8 Å². The average Bonchev–Trinajstić information content (AvgIpc) is 3.22. The van der Waals surface area contributed by atoms with Crippen molar-refractivity contribution in [2.75, 3.05) is 11.4 Å². The molecule has 5 heteroatoms. The number of benzene rings is 2. The van der Waals surface area contributed by atoms with E-state index in [4.69, 9.17) is 4.52 Å². The molecule has 3 aromatic rings. The first kappa shape index (κ1) is 16.5. The van der Waals surface area contributed by atoms with Crippen molar-refractivity contribution < 1.29 is 9.32 Å². The van der Waals surface area contributed by atoms with Crippen molar-refractivity contribution >= 4 is 11.6 Å². The van der Waals surface area contributed by atoms with Crippen molar-refractivity contribution in [1.29, 1.82) is 0 Å². The van der Waals surface area contributed by atoms with E-state index < -0.39 is 0 Å². The third kappa shape index (κ3) is 2.90. The van der Waals surface area contributed by atoms with E-state index in [-0.39, 0.29) is 11.8 Å². The maximum Gasteiger partial charge on any atom is 0.232 e. The number of carbonyl (C=O) groups is 1. The summed E-state index contributed by atoms with van der Waals surface area (Å²) in [6.07, 6.45) is 0.392. The van der Waals surface area contributed by atoms with Gasteiger partial charge in [-0.05, 0) is 38.0 Å². The fourth-order valence-corrected chi connectivity index (χ4v) is 3.55. The van der Waals surface area contributed by atoms with Crippen LogP contribution >= 0.6 is 0 Å². The molecule has 2 heterocycles. The van der Waals surface area contributed by atoms with Crippen molar-refractivity contribution in [3.63, 3.8) is 0 Å². The van der Waals surface area contributed by atoms with Crippen LogP contribution in [0.5, 0.6) is 0 Å². The molecular formula is C21H21N3O2. The maximum atomic E-state index is 12.6. The Morgan fingerprint density at radius 3 is 2.65 bits per heavy atom. The molecule has 1 unspecified atom stereocenters. The lowest BCUT2D eigenvalue weighted by atomic mass is 10.1. The zero-order valence-corrected chi connectivity index (χ0v) is 15.2. The van der Waals surface area contributed by atoms with Gasteiger partial charge in [0.1, 0.15) is 0 Å². The molecule has 1 aromatic heterocycles. The van der Waals surface area contributed by atoms with Gasteiger partial charge in [-0.15, -0.1) is 0 Å². The highest BCUT2D eigenvalue weighted by atomic mass is 16.5. The third-order valence-corrected chi connectivity index (χ3v) is 4.95. The average molecular weight is 347 g/mol. The standard InChI is InChI=1S/C21H21N3O2/c1-13-8-9-18(15(3)10-13)24-12-16(11-19(24)25)21-22-20(23-26-21)17-7-5-4-6-14(17)2/h4-10,16H,11-12H2,1-3H3. The topological polar surface area (TPSA) is 59.2 Å². The minimum atomic E-state index is -0.0755. The predicted molar refractivity (Wildman–Crippen MR) is 100 cm³/mol. The van der Waals surface area contributed by atoms with Crippen molar-refractivity contribution in [3.05, 3.63) is 65.0 Å². The lowest BCUT2D eigenvalue weighted by Gasteiger charge is -2.19. The molecule has 1 aliphatic rings. The van der Waals surface area contributed by atoms with Crippen LogP contribution in [0.1, 0.15) is 34.9 Å². The van der Waals surface area contributed by atoms with Crippen molar-refractivity contribution in [3.8, 4) is 11.4 Å². The number of amides is 1. The molecule has 1 aliphatic heterocycles. The molecule has 0 saturated carbocycles. The second kappa shape index (κ2) is 6.41. The lowest BCUT2D eigenvalue weighted by Crippen LogP contribution is -2.25. The third-order valence-electron chi connectivity index (χ3n) is 4.95. The fraction of sp³-hybridized carbons (Fsp3) is 0.286. The molecule has 5 nitrogen and oxygen atoms in total. The van der Waals surface area contributed by atoms with E-state index in [0.29, 0.717) is 24.7 Å². The van der Waals surface area contributed by atoms with E-state index >= 15 is 0 Å². The Kier molecular flexibility index (Phi) is 4.07. The quantitative estimate of drug-likeness (QED) is 0.713. The summed E-state index contributed by atoms with van der Waals surface area (Å²) in [5.74, 6) is 1.13. The molecule has 26 heavy (non-hydrogen) atoms. The minimum absolute atomic E-state index is 0.0755. The van der Waals surface area contributed by atoms with Crippen LogP contribution in [0.15, 0.2) is 47.0 Å². The Balaban J connectivity index is 1.59. The Hall–Kier alpha value is -2.95. The Labute approximate surface area is 152 Å². The monoisotopic (exact) mass is 347 g/mol. The molecule has 0 N–H and O–H groups in total. The number of nitrogens with zero attached hydrogens (tertiary/aromatic N) is 3. The van der Waals surface area contributed by atoms with Gasteiger partial charge in [0.2, 0.25) is 17.6 Å². The van der Waals surface area contributed by atoms with E-state index in [1.165, 1.54) is 5.56 Å². The normalized spacial score (nSPS) is 17.1. The highest BCUT2D eigenvalue weighted by molar-refractivity contribution is 5.97. The summed E-state index contributed by atoms with van der Waals surface area (Å²) in [7, 11) is 0. The summed E-state index contributed by atoms with van der Waals surface area (Å²) in [5, 5.41) is 4.13. The number of rotatable bonds is 3. The van der Waals surface area contributed by atoms with Gasteiger partial charge in [-0.2, -0.15) is 4.98 Å². The summed E-state index contributed by atoms with van der Waals surface area (Å²) < 4.78 is 5.50. The number of aryl methyl sites for hydroxylation is 3. The van der Waals surface area contributed by atoms with E-state index in [9.17, 15) is 4.79 Å². The van der Waals surface area contributed by atoms with Gasteiger partial charge in [-0.25, -0.2) is 0 Å². The molecule has 4 rings (SSSR count). The van der Waals surface area contributed by atoms with Crippen LogP contribution in [0.2, 0.25) is 0 Å². The minimum Gasteiger partial charge on any atom is -0.339 e. The number of carbonyl (C=O) groups excluding carboxylic acids is 1. The maximum absolute atomic E-state index is 12.6. The van der Waals surface area contributed by atoms with Crippen molar-refractivity contribution in [2.24, 2.45) is 0 Å². The van der Waals surface area contributed by atoms with Crippen molar-refractivity contribution in [2.45, 2.75) is 33.1 Å². The summed E-state index contributed by atoms with van der Waals surface area (Å²) in [5.41, 5.74) is 5.30. The highest BCUT2D eigenvalue weighted by Crippen LogP contribution is 2.33. The molecule has 132 valence electrons. The van der Waals surface area contributed by atoms with Crippen molar-refractivity contribution in [1.82, 2.24) is 10.1 Å². The molecule has 2 aromatic carbocycles. The van der Waals surface area contributed by atoms with E-state index in [2.05, 4.69) is 23.1 Å². The molecule has 1 saturated heterocycles. The molecule has 1 atom stereocenters. The largest absolute Gasteiger partial charge is 0.339 e. The second-order valence-electron chi connectivity index (χ2n) is 6.97. The fourth-order valence-electron chi connectivity index (χ4n) is 3.55. The molecule has 0 radical (unpaired) electrons. The summed E-state index contributed by atoms with van der Waals surface area (Å²) >= 11 is 0. The van der Waals surface area contributed by atoms with Crippen LogP contribution < -0.4 is 4.90 Å². The highest BCUT2D eigenvalue weighted by Gasteiger charge is 2.35. The molecular weight excluding hydrogens is 326 g/mol. The first-order chi connectivity index (χ1) is 12.5. The molecule has 0 bridgehead atoms. The smallest absolute Gasteiger partial charge is 0.232 e. The Bertz CT molecular complexity index is 977. The number of hydrogen-bond acceptors (Lipinski definition) is 4. The van der Waals surface area contributed by atoms with Gasteiger partial charge in [-0.1, -0.05) is 47.1 Å². The van der Waals surface area contributed by atoms with Gasteiger partial charge in [0.05, 0.1) is 5.92 Å². The lowest BCUT2D eigenvalue weighted by molar-refractivity contribution is -0.117. The van der Waals surface area contributed by atoms with Gasteiger partial charge in [0.25, 0.3) is 0 Å². The van der Waals surface area contributed by atoms with Gasteiger partial charge >= 0.3 is 0 Å². The van der Waals surface area contributed by atoms with E-state index in [1.807, 2.05) is 55.1 Å². The van der Waals surface area contributed by atoms with Crippen LogP contribution in [-0.4, -0.2) is 22.6 Å². The number of anilines is 1. The van der Waals surface area contributed by atoms with Gasteiger partial charge in [-0.3, -0.25) is 4.79 Å². The first-order valence-electron chi connectivity index (χ1n) is 8.80. The van der Waals surface area contributed by atoms with Gasteiger partial charge < -0.3 is 9.42 Å². The molecule has 0 spiro atoms. The predicted octanol–water partition coefficient (Wildman–Crippen LogP) is 4.18. The summed E-state index contributed by atoms with van der Waals surface area (Å²) in [4.78, 5) is 19.0. The number of aromatic nitrogens is 2. The molecule has 1 fully saturated rings. The Morgan fingerprint density at radius 2 is 1.88 bits per heavy atom. The zero-order valence-electron chi connectivity index (χ0n) is 15.2. The van der Waals surface area contributed by atoms with E-state index in [1.54, 1.807) is 0 Å². The first-order valence-corrected chi connectivity index (χ1v) is 8.80. The summed E-state index contributed by atoms with van der Waals surface area (Å²) in [6, 6.07) is 14.1. The SMILES string of the molecule is Cc1ccc(N2CC(c3nc(-c4ccccc4C)no3)CC2=O)c(C)c1. The van der Waals surface area contributed by atoms with Crippen LogP contribution in [0.4, 0.5) is 5.69 Å². The van der Waals surface area contributed by atoms with Crippen LogP contribution in [0.25, 0.3) is 11.4 Å². The van der Waals surface area contributed by atoms with Crippen LogP contribution in [0.3, 0.4) is 0 Å². The summed E-state index contributed by atoms with van der Waals surface area (Å²) in [6.45, 7) is 6.67. The second-order valence-corrected chi connectivity index (χ2v) is 6.97. The Morgan fingerprint density at radius 1 is 1.08 bits per heavy atom. The molecule has 1 amide bonds. The van der Waals surface area contributed by atoms with E-state index in [0.717, 1.165) is 22.4 Å². The zero-order chi connectivity index (χ0) is 18.3.